The van der Waals surface area contributed by atoms with Gasteiger partial charge in [-0.05, 0) is 19.9 Å². The smallest absolute Gasteiger partial charge is 0.244 e. The van der Waals surface area contributed by atoms with Gasteiger partial charge in [-0.1, -0.05) is 6.08 Å². The lowest BCUT2D eigenvalue weighted by atomic mass is 9.91. The molecule has 0 bridgehead atoms. The Balaban J connectivity index is 2.47. The van der Waals surface area contributed by atoms with E-state index in [1.807, 2.05) is 0 Å². The number of ether oxygens (including phenoxy) is 4. The number of aliphatic hydroxyl groups excluding tert-OH is 2. The number of fused-ring (bicyclic) bond motifs is 1. The lowest BCUT2D eigenvalue weighted by Crippen LogP contribution is -2.66. The van der Waals surface area contributed by atoms with Crippen LogP contribution in [0.15, 0.2) is 12.2 Å². The zero-order chi connectivity index (χ0) is 14.3. The normalized spacial score (nSPS) is 50.6. The molecule has 1 unspecified atom stereocenters. The zero-order valence-electron chi connectivity index (χ0n) is 11.7. The molecule has 6 atom stereocenters. The molecule has 0 spiro atoms. The maximum absolute atomic E-state index is 10.0. The molecule has 2 aliphatic heterocycles. The molecule has 19 heavy (non-hydrogen) atoms. The van der Waals surface area contributed by atoms with Crippen molar-refractivity contribution in [2.75, 3.05) is 14.2 Å². The van der Waals surface area contributed by atoms with Gasteiger partial charge in [-0.15, -0.1) is 0 Å². The molecule has 0 aromatic heterocycles. The molecule has 2 rings (SSSR count). The first-order valence-corrected chi connectivity index (χ1v) is 6.41. The second-order valence-electron chi connectivity index (χ2n) is 5.10. The van der Waals surface area contributed by atoms with E-state index in [4.69, 9.17) is 18.9 Å². The van der Waals surface area contributed by atoms with E-state index in [-0.39, 0.29) is 6.42 Å². The summed E-state index contributed by atoms with van der Waals surface area (Å²) < 4.78 is 22.6. The molecule has 0 aromatic rings. The van der Waals surface area contributed by atoms with E-state index in [0.29, 0.717) is 0 Å². The molecule has 1 saturated heterocycles. The number of hydrogen-bond acceptors (Lipinski definition) is 6. The molecule has 0 aromatic carbocycles. The predicted molar refractivity (Wildman–Crippen MR) is 66.3 cm³/mol. The van der Waals surface area contributed by atoms with Gasteiger partial charge in [0.05, 0.1) is 24.4 Å². The van der Waals surface area contributed by atoms with Crippen LogP contribution in [0.3, 0.4) is 0 Å². The standard InChI is InChI=1S/C13H22O6/c1-8-10(14)5-6-12(16-3)13(17-4,19-8)7-11(15)9(2)18-12/h5-6,8-11,14-15H,7H2,1-4H3/t8-,9+,10+,11-,12?,13+/m0/s1. The third kappa shape index (κ3) is 2.22. The van der Waals surface area contributed by atoms with E-state index >= 15 is 0 Å². The van der Waals surface area contributed by atoms with Crippen molar-refractivity contribution in [1.82, 2.24) is 0 Å². The minimum Gasteiger partial charge on any atom is -0.390 e. The van der Waals surface area contributed by atoms with Gasteiger partial charge in [-0.25, -0.2) is 0 Å². The highest BCUT2D eigenvalue weighted by Gasteiger charge is 2.61. The second-order valence-corrected chi connectivity index (χ2v) is 5.10. The van der Waals surface area contributed by atoms with Crippen molar-refractivity contribution >= 4 is 0 Å². The lowest BCUT2D eigenvalue weighted by Gasteiger charge is -2.51. The minimum absolute atomic E-state index is 0.194. The van der Waals surface area contributed by atoms with Crippen LogP contribution in [-0.2, 0) is 18.9 Å². The van der Waals surface area contributed by atoms with Gasteiger partial charge in [0.2, 0.25) is 11.6 Å². The molecule has 0 radical (unpaired) electrons. The third-order valence-corrected chi connectivity index (χ3v) is 3.91. The number of hydrogen-bond donors (Lipinski definition) is 2. The summed E-state index contributed by atoms with van der Waals surface area (Å²) in [6.07, 6.45) is 0.908. The summed E-state index contributed by atoms with van der Waals surface area (Å²) in [5.41, 5.74) is 0. The highest BCUT2D eigenvalue weighted by molar-refractivity contribution is 5.14. The van der Waals surface area contributed by atoms with Gasteiger partial charge in [-0.3, -0.25) is 0 Å². The molecule has 0 aliphatic carbocycles. The molecule has 6 nitrogen and oxygen atoms in total. The molecule has 1 fully saturated rings. The van der Waals surface area contributed by atoms with Crippen LogP contribution in [0.25, 0.3) is 0 Å². The summed E-state index contributed by atoms with van der Waals surface area (Å²) in [5.74, 6) is -2.58. The molecule has 2 N–H and O–H groups in total. The quantitative estimate of drug-likeness (QED) is 0.699. The van der Waals surface area contributed by atoms with Crippen LogP contribution in [0.4, 0.5) is 0 Å². The fourth-order valence-corrected chi connectivity index (χ4v) is 2.62. The average molecular weight is 274 g/mol. The van der Waals surface area contributed by atoms with Gasteiger partial charge in [0.15, 0.2) is 0 Å². The van der Waals surface area contributed by atoms with Crippen LogP contribution < -0.4 is 0 Å². The average Bonchev–Trinajstić information content (AvgIpc) is 2.49. The van der Waals surface area contributed by atoms with Crippen LogP contribution in [-0.4, -0.2) is 60.4 Å². The first-order chi connectivity index (χ1) is 8.89. The van der Waals surface area contributed by atoms with Crippen molar-refractivity contribution in [3.8, 4) is 0 Å². The summed E-state index contributed by atoms with van der Waals surface area (Å²) in [5, 5.41) is 20.0. The molecular weight excluding hydrogens is 252 g/mol. The van der Waals surface area contributed by atoms with Crippen molar-refractivity contribution in [3.63, 3.8) is 0 Å². The Bertz CT molecular complexity index is 359. The molecule has 110 valence electrons. The van der Waals surface area contributed by atoms with Crippen LogP contribution in [0, 0.1) is 0 Å². The van der Waals surface area contributed by atoms with E-state index in [9.17, 15) is 10.2 Å². The number of rotatable bonds is 2. The maximum atomic E-state index is 10.0. The predicted octanol–water partition coefficient (Wildman–Crippen LogP) is 0.177. The topological polar surface area (TPSA) is 77.4 Å². The fraction of sp³-hybridized carbons (Fsp3) is 0.846. The van der Waals surface area contributed by atoms with Gasteiger partial charge < -0.3 is 29.2 Å². The first-order valence-electron chi connectivity index (χ1n) is 6.41. The summed E-state index contributed by atoms with van der Waals surface area (Å²) in [6.45, 7) is 3.48. The van der Waals surface area contributed by atoms with Crippen molar-refractivity contribution in [3.05, 3.63) is 12.2 Å². The van der Waals surface area contributed by atoms with Crippen molar-refractivity contribution in [2.45, 2.75) is 56.3 Å². The SMILES string of the molecule is COC12C=C[C@@H](O)[C@H](C)O[C@]1(OC)C[C@H](O)[C@@H](C)O2. The van der Waals surface area contributed by atoms with Crippen molar-refractivity contribution in [2.24, 2.45) is 0 Å². The summed E-state index contributed by atoms with van der Waals surface area (Å²) in [4.78, 5) is 0. The molecule has 6 heteroatoms. The van der Waals surface area contributed by atoms with Crippen LogP contribution in [0.1, 0.15) is 20.3 Å². The van der Waals surface area contributed by atoms with Crippen LogP contribution in [0.2, 0.25) is 0 Å². The Morgan fingerprint density at radius 2 is 1.79 bits per heavy atom. The van der Waals surface area contributed by atoms with Gasteiger partial charge >= 0.3 is 0 Å². The highest BCUT2D eigenvalue weighted by atomic mass is 16.8. The molecule has 0 amide bonds. The van der Waals surface area contributed by atoms with Gasteiger partial charge in [-0.2, -0.15) is 0 Å². The van der Waals surface area contributed by atoms with Gasteiger partial charge in [0.1, 0.15) is 0 Å². The Labute approximate surface area is 112 Å². The van der Waals surface area contributed by atoms with E-state index < -0.39 is 36.0 Å². The summed E-state index contributed by atoms with van der Waals surface area (Å²) in [6, 6.07) is 0. The van der Waals surface area contributed by atoms with Crippen molar-refractivity contribution in [1.29, 1.82) is 0 Å². The maximum Gasteiger partial charge on any atom is 0.244 e. The first kappa shape index (κ1) is 14.9. The number of methoxy groups -OCH3 is 2. The molecule has 2 aliphatic rings. The fourth-order valence-electron chi connectivity index (χ4n) is 2.62. The molecular formula is C13H22O6. The summed E-state index contributed by atoms with van der Waals surface area (Å²) in [7, 11) is 2.95. The van der Waals surface area contributed by atoms with E-state index in [1.54, 1.807) is 26.0 Å². The minimum atomic E-state index is -1.29. The summed E-state index contributed by atoms with van der Waals surface area (Å²) >= 11 is 0. The van der Waals surface area contributed by atoms with Crippen LogP contribution >= 0.6 is 0 Å². The Morgan fingerprint density at radius 1 is 1.11 bits per heavy atom. The molecule has 2 heterocycles. The molecule has 0 saturated carbocycles. The number of aliphatic hydroxyl groups is 2. The Kier molecular flexibility index (Phi) is 4.02. The van der Waals surface area contributed by atoms with Crippen molar-refractivity contribution < 1.29 is 29.2 Å². The van der Waals surface area contributed by atoms with E-state index in [2.05, 4.69) is 0 Å². The zero-order valence-corrected chi connectivity index (χ0v) is 11.7. The van der Waals surface area contributed by atoms with E-state index in [0.717, 1.165) is 0 Å². The van der Waals surface area contributed by atoms with Crippen LogP contribution in [0.5, 0.6) is 0 Å². The second kappa shape index (κ2) is 5.12. The lowest BCUT2D eigenvalue weighted by molar-refractivity contribution is -0.426. The Morgan fingerprint density at radius 3 is 2.37 bits per heavy atom. The van der Waals surface area contributed by atoms with E-state index in [1.165, 1.54) is 14.2 Å². The third-order valence-electron chi connectivity index (χ3n) is 3.91. The largest absolute Gasteiger partial charge is 0.390 e. The monoisotopic (exact) mass is 274 g/mol. The van der Waals surface area contributed by atoms with Gasteiger partial charge in [0.25, 0.3) is 0 Å². The Hall–Kier alpha value is -0.500. The van der Waals surface area contributed by atoms with Gasteiger partial charge in [0, 0.05) is 20.6 Å². The highest BCUT2D eigenvalue weighted by Crippen LogP contribution is 2.45.